The second-order valence-electron chi connectivity index (χ2n) is 9.47. The molecular weight excluding hydrogens is 537 g/mol. The Bertz CT molecular complexity index is 1750. The van der Waals surface area contributed by atoms with Crippen LogP contribution >= 0.6 is 0 Å². The maximum absolute atomic E-state index is 13.5. The third kappa shape index (κ3) is 6.16. The minimum atomic E-state index is -4.67. The molecule has 0 aliphatic rings. The predicted molar refractivity (Wildman–Crippen MR) is 149 cm³/mol. The van der Waals surface area contributed by atoms with Crippen molar-refractivity contribution in [2.75, 3.05) is 6.54 Å². The van der Waals surface area contributed by atoms with Crippen LogP contribution in [0.2, 0.25) is 0 Å². The molecule has 9 heteroatoms. The van der Waals surface area contributed by atoms with Gasteiger partial charge in [0.2, 0.25) is 15.6 Å². The number of fused-ring (bicyclic) bond motifs is 1. The molecule has 0 bridgehead atoms. The van der Waals surface area contributed by atoms with Crippen molar-refractivity contribution in [3.8, 4) is 0 Å². The average Bonchev–Trinajstić information content (AvgIpc) is 2.94. The summed E-state index contributed by atoms with van der Waals surface area (Å²) in [4.78, 5) is 14.2. The fraction of sp³-hybridized carbons (Fsp3) is 0.129. The lowest BCUT2D eigenvalue weighted by Crippen LogP contribution is -2.29. The van der Waals surface area contributed by atoms with Crippen LogP contribution in [0.3, 0.4) is 0 Å². The molecule has 1 aromatic heterocycles. The molecule has 5 aromatic rings. The Labute approximate surface area is 229 Å². The summed E-state index contributed by atoms with van der Waals surface area (Å²) >= 11 is 0. The fourth-order valence-electron chi connectivity index (χ4n) is 4.74. The average molecular weight is 563 g/mol. The van der Waals surface area contributed by atoms with Gasteiger partial charge in [0, 0.05) is 29.4 Å². The Kier molecular flexibility index (Phi) is 7.60. The maximum Gasteiger partial charge on any atom is 0.417 e. The first-order chi connectivity index (χ1) is 19.1. The summed E-state index contributed by atoms with van der Waals surface area (Å²) in [5.74, 6) is -0.180. The first-order valence-electron chi connectivity index (χ1n) is 12.5. The second-order valence-corrected chi connectivity index (χ2v) is 11.2. The van der Waals surface area contributed by atoms with E-state index in [2.05, 4.69) is 9.71 Å². The number of alkyl halides is 3. The molecule has 1 heterocycles. The van der Waals surface area contributed by atoms with Crippen molar-refractivity contribution in [2.45, 2.75) is 23.4 Å². The van der Waals surface area contributed by atoms with E-state index in [1.165, 1.54) is 24.3 Å². The number of pyridine rings is 1. The summed E-state index contributed by atoms with van der Waals surface area (Å²) in [6.45, 7) is 0.166. The van der Waals surface area contributed by atoms with Crippen molar-refractivity contribution in [1.82, 2.24) is 9.71 Å². The van der Waals surface area contributed by atoms with Crippen LogP contribution in [-0.2, 0) is 22.6 Å². The van der Waals surface area contributed by atoms with Crippen LogP contribution in [0.5, 0.6) is 0 Å². The lowest BCUT2D eigenvalue weighted by atomic mass is 9.92. The quantitative estimate of drug-likeness (QED) is 0.235. The Hall–Kier alpha value is -4.21. The number of aromatic nitrogens is 1. The minimum absolute atomic E-state index is 0.0894. The van der Waals surface area contributed by atoms with Gasteiger partial charge < -0.3 is 4.98 Å². The molecule has 40 heavy (non-hydrogen) atoms. The zero-order valence-corrected chi connectivity index (χ0v) is 22.0. The van der Waals surface area contributed by atoms with Crippen LogP contribution in [0.4, 0.5) is 13.2 Å². The zero-order valence-electron chi connectivity index (χ0n) is 21.2. The first-order valence-corrected chi connectivity index (χ1v) is 14.0. The lowest BCUT2D eigenvalue weighted by molar-refractivity contribution is -0.136. The zero-order chi connectivity index (χ0) is 28.3. The van der Waals surface area contributed by atoms with Crippen molar-refractivity contribution in [2.24, 2.45) is 0 Å². The van der Waals surface area contributed by atoms with Crippen LogP contribution in [0.1, 0.15) is 33.7 Å². The van der Waals surface area contributed by atoms with E-state index in [0.717, 1.165) is 16.7 Å². The lowest BCUT2D eigenvalue weighted by Gasteiger charge is -2.19. The fourth-order valence-corrected chi connectivity index (χ4v) is 5.79. The number of rotatable bonds is 8. The molecule has 0 saturated heterocycles. The number of benzene rings is 4. The topological polar surface area (TPSA) is 79.0 Å². The van der Waals surface area contributed by atoms with Gasteiger partial charge in [-0.1, -0.05) is 78.9 Å². The minimum Gasteiger partial charge on any atom is -0.322 e. The highest BCUT2D eigenvalue weighted by molar-refractivity contribution is 7.89. The molecule has 5 nitrogen and oxygen atoms in total. The Morgan fingerprint density at radius 2 is 1.32 bits per heavy atom. The van der Waals surface area contributed by atoms with E-state index >= 15 is 0 Å². The molecule has 4 aromatic carbocycles. The summed E-state index contributed by atoms with van der Waals surface area (Å²) in [5.41, 5.74) is 1.57. The molecule has 0 aliphatic carbocycles. The molecule has 0 fully saturated rings. The van der Waals surface area contributed by atoms with Crippen molar-refractivity contribution in [3.63, 3.8) is 0 Å². The SMILES string of the molecule is O=c1cc(C(F)(F)F)c2cc(Cc3ccc(S(=O)(=O)NCC(c4ccccc4)c4ccccc4)cc3)ccc2[nH]1. The van der Waals surface area contributed by atoms with E-state index < -0.39 is 27.3 Å². The number of halogens is 3. The van der Waals surface area contributed by atoms with Gasteiger partial charge in [0.05, 0.1) is 10.5 Å². The van der Waals surface area contributed by atoms with Crippen LogP contribution < -0.4 is 10.3 Å². The predicted octanol–water partition coefficient (Wildman–Crippen LogP) is 6.25. The first kappa shape index (κ1) is 27.4. The van der Waals surface area contributed by atoms with Crippen LogP contribution in [0, 0.1) is 0 Å². The van der Waals surface area contributed by atoms with Crippen molar-refractivity contribution in [3.05, 3.63) is 147 Å². The smallest absolute Gasteiger partial charge is 0.322 e. The number of H-pyrrole nitrogens is 1. The Balaban J connectivity index is 1.34. The number of hydrogen-bond donors (Lipinski definition) is 2. The van der Waals surface area contributed by atoms with E-state index in [1.807, 2.05) is 60.7 Å². The highest BCUT2D eigenvalue weighted by Crippen LogP contribution is 2.34. The molecule has 5 rings (SSSR count). The highest BCUT2D eigenvalue weighted by Gasteiger charge is 2.33. The monoisotopic (exact) mass is 562 g/mol. The third-order valence-electron chi connectivity index (χ3n) is 6.74. The van der Waals surface area contributed by atoms with Crippen LogP contribution in [-0.4, -0.2) is 19.9 Å². The molecule has 204 valence electrons. The summed E-state index contributed by atoms with van der Waals surface area (Å²) in [6, 6.07) is 30.6. The number of sulfonamides is 1. The number of nitrogens with one attached hydrogen (secondary N) is 2. The molecule has 0 spiro atoms. The summed E-state index contributed by atoms with van der Waals surface area (Å²) in [7, 11) is -3.82. The van der Waals surface area contributed by atoms with Gasteiger partial charge in [-0.2, -0.15) is 13.2 Å². The van der Waals surface area contributed by atoms with Gasteiger partial charge in [-0.15, -0.1) is 0 Å². The van der Waals surface area contributed by atoms with Gasteiger partial charge in [0.1, 0.15) is 0 Å². The number of aromatic amines is 1. The summed E-state index contributed by atoms with van der Waals surface area (Å²) < 4.78 is 69.5. The Morgan fingerprint density at radius 3 is 1.90 bits per heavy atom. The van der Waals surface area contributed by atoms with Crippen molar-refractivity contribution in [1.29, 1.82) is 0 Å². The van der Waals surface area contributed by atoms with E-state index in [9.17, 15) is 26.4 Å². The molecule has 0 atom stereocenters. The summed E-state index contributed by atoms with van der Waals surface area (Å²) in [5, 5.41) is -0.0978. The third-order valence-corrected chi connectivity index (χ3v) is 8.18. The van der Waals surface area contributed by atoms with Crippen molar-refractivity contribution >= 4 is 20.9 Å². The van der Waals surface area contributed by atoms with E-state index in [1.54, 1.807) is 18.2 Å². The molecule has 0 aliphatic heterocycles. The largest absolute Gasteiger partial charge is 0.417 e. The molecule has 0 amide bonds. The van der Waals surface area contributed by atoms with Crippen molar-refractivity contribution < 1.29 is 21.6 Å². The molecular formula is C31H25F3N2O3S. The van der Waals surface area contributed by atoms with Gasteiger partial charge in [0.15, 0.2) is 0 Å². The van der Waals surface area contributed by atoms with Gasteiger partial charge in [-0.3, -0.25) is 4.79 Å². The van der Waals surface area contributed by atoms with Gasteiger partial charge in [-0.05, 0) is 52.9 Å². The normalized spacial score (nSPS) is 12.2. The van der Waals surface area contributed by atoms with E-state index in [-0.39, 0.29) is 34.7 Å². The molecule has 0 saturated carbocycles. The molecule has 0 radical (unpaired) electrons. The summed E-state index contributed by atoms with van der Waals surface area (Å²) in [6.07, 6.45) is -4.39. The molecule has 0 unspecified atom stereocenters. The molecule has 2 N–H and O–H groups in total. The maximum atomic E-state index is 13.5. The second kappa shape index (κ2) is 11.1. The Morgan fingerprint density at radius 1 is 0.750 bits per heavy atom. The van der Waals surface area contributed by atoms with E-state index in [4.69, 9.17) is 0 Å². The van der Waals surface area contributed by atoms with Gasteiger partial charge >= 0.3 is 6.18 Å². The van der Waals surface area contributed by atoms with E-state index in [0.29, 0.717) is 11.6 Å². The highest BCUT2D eigenvalue weighted by atomic mass is 32.2. The van der Waals surface area contributed by atoms with Gasteiger partial charge in [0.25, 0.3) is 0 Å². The van der Waals surface area contributed by atoms with Gasteiger partial charge in [-0.25, -0.2) is 13.1 Å². The van der Waals surface area contributed by atoms with Crippen LogP contribution in [0.25, 0.3) is 10.9 Å². The standard InChI is InChI=1S/C31H25F3N2O3S/c32-31(33,34)28-19-30(37)36-29-16-13-22(18-26(28)29)17-21-11-14-25(15-12-21)40(38,39)35-20-27(23-7-3-1-4-8-23)24-9-5-2-6-10-24/h1-16,18-19,27,35H,17,20H2,(H,36,37). The number of hydrogen-bond acceptors (Lipinski definition) is 3. The van der Waals surface area contributed by atoms with Crippen LogP contribution in [0.15, 0.2) is 119 Å².